The first kappa shape index (κ1) is 19.0. The molecule has 1 aromatic heterocycles. The van der Waals surface area contributed by atoms with E-state index in [0.29, 0.717) is 16.5 Å². The molecule has 0 radical (unpaired) electrons. The van der Waals surface area contributed by atoms with Gasteiger partial charge in [-0.25, -0.2) is 0 Å². The van der Waals surface area contributed by atoms with E-state index in [1.165, 1.54) is 12.5 Å². The van der Waals surface area contributed by atoms with Crippen LogP contribution in [0, 0.1) is 0 Å². The number of halogens is 1. The summed E-state index contributed by atoms with van der Waals surface area (Å²) in [5.41, 5.74) is 1.99. The van der Waals surface area contributed by atoms with Crippen LogP contribution in [0.25, 0.3) is 6.08 Å². The maximum absolute atomic E-state index is 11.0. The lowest BCUT2D eigenvalue weighted by atomic mass is 10.1. The molecule has 5 heteroatoms. The van der Waals surface area contributed by atoms with E-state index in [0.717, 1.165) is 18.5 Å². The second-order valence-corrected chi connectivity index (χ2v) is 6.29. The highest BCUT2D eigenvalue weighted by molar-refractivity contribution is 6.32. The summed E-state index contributed by atoms with van der Waals surface area (Å²) < 4.78 is 5.80. The van der Waals surface area contributed by atoms with Gasteiger partial charge in [0.1, 0.15) is 11.5 Å². The van der Waals surface area contributed by atoms with Gasteiger partial charge in [0.15, 0.2) is 0 Å². The Morgan fingerprint density at radius 1 is 1.36 bits per heavy atom. The SMILES string of the molecule is CCCc1ccc(Oc2ccc(/C=C/[C@H](C)NC(C)=O)nc2)c(Cl)c1. The average Bonchev–Trinajstić information content (AvgIpc) is 2.56. The maximum atomic E-state index is 11.0. The Morgan fingerprint density at radius 3 is 2.76 bits per heavy atom. The zero-order valence-corrected chi connectivity index (χ0v) is 15.5. The molecule has 0 bridgehead atoms. The maximum Gasteiger partial charge on any atom is 0.217 e. The second kappa shape index (κ2) is 9.23. The van der Waals surface area contributed by atoms with Crippen LogP contribution >= 0.6 is 11.6 Å². The van der Waals surface area contributed by atoms with Crippen molar-refractivity contribution in [2.75, 3.05) is 0 Å². The summed E-state index contributed by atoms with van der Waals surface area (Å²) in [5, 5.41) is 3.38. The van der Waals surface area contributed by atoms with E-state index in [1.54, 1.807) is 6.20 Å². The van der Waals surface area contributed by atoms with Crippen molar-refractivity contribution in [3.05, 3.63) is 58.9 Å². The van der Waals surface area contributed by atoms with E-state index in [1.807, 2.05) is 49.4 Å². The van der Waals surface area contributed by atoms with E-state index in [4.69, 9.17) is 16.3 Å². The van der Waals surface area contributed by atoms with E-state index >= 15 is 0 Å². The van der Waals surface area contributed by atoms with Crippen LogP contribution in [0.2, 0.25) is 5.02 Å². The number of amides is 1. The molecule has 1 amide bonds. The van der Waals surface area contributed by atoms with Crippen molar-refractivity contribution in [2.45, 2.75) is 39.7 Å². The molecule has 2 rings (SSSR count). The van der Waals surface area contributed by atoms with Gasteiger partial charge in [-0.3, -0.25) is 9.78 Å². The molecule has 0 aliphatic rings. The van der Waals surface area contributed by atoms with Crippen LogP contribution in [0.5, 0.6) is 11.5 Å². The number of nitrogens with zero attached hydrogens (tertiary/aromatic N) is 1. The zero-order valence-electron chi connectivity index (χ0n) is 14.8. The molecule has 132 valence electrons. The fourth-order valence-corrected chi connectivity index (χ4v) is 2.60. The number of hydrogen-bond donors (Lipinski definition) is 1. The number of aromatic nitrogens is 1. The monoisotopic (exact) mass is 358 g/mol. The van der Waals surface area contributed by atoms with Gasteiger partial charge in [-0.05, 0) is 49.2 Å². The molecule has 0 saturated carbocycles. The summed E-state index contributed by atoms with van der Waals surface area (Å²) >= 11 is 6.28. The first-order chi connectivity index (χ1) is 12.0. The number of aryl methyl sites for hydroxylation is 1. The van der Waals surface area contributed by atoms with Gasteiger partial charge in [0, 0.05) is 13.0 Å². The van der Waals surface area contributed by atoms with E-state index in [2.05, 4.69) is 17.2 Å². The quantitative estimate of drug-likeness (QED) is 0.756. The fourth-order valence-electron chi connectivity index (χ4n) is 2.36. The van der Waals surface area contributed by atoms with Gasteiger partial charge in [-0.2, -0.15) is 0 Å². The zero-order chi connectivity index (χ0) is 18.2. The molecule has 0 fully saturated rings. The van der Waals surface area contributed by atoms with E-state index in [-0.39, 0.29) is 11.9 Å². The van der Waals surface area contributed by atoms with Crippen molar-refractivity contribution in [1.82, 2.24) is 10.3 Å². The number of carbonyl (C=O) groups excluding carboxylic acids is 1. The van der Waals surface area contributed by atoms with Gasteiger partial charge < -0.3 is 10.1 Å². The lowest BCUT2D eigenvalue weighted by molar-refractivity contribution is -0.119. The Kier molecular flexibility index (Phi) is 7.02. The van der Waals surface area contributed by atoms with Crippen LogP contribution in [0.4, 0.5) is 0 Å². The molecule has 1 aromatic carbocycles. The minimum atomic E-state index is -0.0595. The van der Waals surface area contributed by atoms with Crippen LogP contribution in [-0.4, -0.2) is 16.9 Å². The lowest BCUT2D eigenvalue weighted by Crippen LogP contribution is -2.28. The second-order valence-electron chi connectivity index (χ2n) is 5.88. The van der Waals surface area contributed by atoms with Crippen molar-refractivity contribution >= 4 is 23.6 Å². The van der Waals surface area contributed by atoms with E-state index in [9.17, 15) is 4.79 Å². The van der Waals surface area contributed by atoms with Gasteiger partial charge in [0.2, 0.25) is 5.91 Å². The number of rotatable bonds is 7. The van der Waals surface area contributed by atoms with Crippen LogP contribution in [0.15, 0.2) is 42.6 Å². The molecule has 0 unspecified atom stereocenters. The number of nitrogens with one attached hydrogen (secondary N) is 1. The number of carbonyl (C=O) groups is 1. The summed E-state index contributed by atoms with van der Waals surface area (Å²) in [7, 11) is 0. The van der Waals surface area contributed by atoms with Crippen LogP contribution in [0.1, 0.15) is 38.4 Å². The molecule has 0 saturated heterocycles. The third-order valence-electron chi connectivity index (χ3n) is 3.51. The van der Waals surface area contributed by atoms with Crippen molar-refractivity contribution < 1.29 is 9.53 Å². The van der Waals surface area contributed by atoms with Crippen molar-refractivity contribution in [3.63, 3.8) is 0 Å². The highest BCUT2D eigenvalue weighted by Crippen LogP contribution is 2.30. The topological polar surface area (TPSA) is 51.2 Å². The molecule has 1 atom stereocenters. The molecule has 1 heterocycles. The molecule has 0 aliphatic carbocycles. The fraction of sp³-hybridized carbons (Fsp3) is 0.300. The minimum absolute atomic E-state index is 0.0457. The van der Waals surface area contributed by atoms with Gasteiger partial charge in [-0.15, -0.1) is 0 Å². The summed E-state index contributed by atoms with van der Waals surface area (Å²) in [6.07, 6.45) is 7.47. The van der Waals surface area contributed by atoms with Crippen LogP contribution in [0.3, 0.4) is 0 Å². The Bertz CT molecular complexity index is 742. The average molecular weight is 359 g/mol. The van der Waals surface area contributed by atoms with Crippen LogP contribution in [-0.2, 0) is 11.2 Å². The molecule has 1 N–H and O–H groups in total. The first-order valence-electron chi connectivity index (χ1n) is 8.35. The predicted octanol–water partition coefficient (Wildman–Crippen LogP) is 5.02. The number of pyridine rings is 1. The number of hydrogen-bond acceptors (Lipinski definition) is 3. The van der Waals surface area contributed by atoms with Crippen molar-refractivity contribution in [2.24, 2.45) is 0 Å². The number of ether oxygens (including phenoxy) is 1. The molecular formula is C20H23ClN2O2. The Balaban J connectivity index is 2.00. The van der Waals surface area contributed by atoms with Gasteiger partial charge >= 0.3 is 0 Å². The highest BCUT2D eigenvalue weighted by atomic mass is 35.5. The number of benzene rings is 1. The molecular weight excluding hydrogens is 336 g/mol. The Morgan fingerprint density at radius 2 is 2.16 bits per heavy atom. The van der Waals surface area contributed by atoms with Crippen LogP contribution < -0.4 is 10.1 Å². The largest absolute Gasteiger partial charge is 0.454 e. The van der Waals surface area contributed by atoms with Gasteiger partial charge in [0.25, 0.3) is 0 Å². The smallest absolute Gasteiger partial charge is 0.217 e. The van der Waals surface area contributed by atoms with Gasteiger partial charge in [-0.1, -0.05) is 37.1 Å². The third-order valence-corrected chi connectivity index (χ3v) is 3.80. The normalized spacial score (nSPS) is 12.2. The highest BCUT2D eigenvalue weighted by Gasteiger charge is 2.05. The predicted molar refractivity (Wildman–Crippen MR) is 102 cm³/mol. The standard InChI is InChI=1S/C20H23ClN2O2/c1-4-5-16-7-11-20(19(21)12-16)25-18-10-9-17(22-13-18)8-6-14(2)23-15(3)24/h6-14H,4-5H2,1-3H3,(H,23,24)/b8-6+/t14-/m0/s1. The molecule has 25 heavy (non-hydrogen) atoms. The van der Waals surface area contributed by atoms with Crippen molar-refractivity contribution in [3.8, 4) is 11.5 Å². The lowest BCUT2D eigenvalue weighted by Gasteiger charge is -2.09. The summed E-state index contributed by atoms with van der Waals surface area (Å²) in [4.78, 5) is 15.3. The third kappa shape index (κ3) is 6.24. The van der Waals surface area contributed by atoms with Crippen molar-refractivity contribution in [1.29, 1.82) is 0 Å². The minimum Gasteiger partial charge on any atom is -0.454 e. The summed E-state index contributed by atoms with van der Waals surface area (Å²) in [6.45, 7) is 5.53. The summed E-state index contributed by atoms with van der Waals surface area (Å²) in [5.74, 6) is 1.18. The Labute approximate surface area is 153 Å². The molecule has 0 spiro atoms. The molecule has 0 aliphatic heterocycles. The molecule has 2 aromatic rings. The van der Waals surface area contributed by atoms with Gasteiger partial charge in [0.05, 0.1) is 16.9 Å². The molecule has 4 nitrogen and oxygen atoms in total. The van der Waals surface area contributed by atoms with E-state index < -0.39 is 0 Å². The summed E-state index contributed by atoms with van der Waals surface area (Å²) in [6, 6.07) is 9.50. The Hall–Kier alpha value is -2.33. The first-order valence-corrected chi connectivity index (χ1v) is 8.73.